The third-order valence-electron chi connectivity index (χ3n) is 2.79. The highest BCUT2D eigenvalue weighted by Gasteiger charge is 2.19. The number of carbonyl (C=O) groups is 1. The van der Waals surface area contributed by atoms with Gasteiger partial charge in [-0.15, -0.1) is 0 Å². The lowest BCUT2D eigenvalue weighted by Gasteiger charge is -2.18. The molecule has 4 nitrogen and oxygen atoms in total. The van der Waals surface area contributed by atoms with E-state index in [0.29, 0.717) is 19.0 Å². The van der Waals surface area contributed by atoms with Crippen LogP contribution in [0.25, 0.3) is 0 Å². The van der Waals surface area contributed by atoms with Crippen molar-refractivity contribution < 1.29 is 9.21 Å². The number of anilines is 1. The van der Waals surface area contributed by atoms with Crippen LogP contribution in [0, 0.1) is 6.92 Å². The van der Waals surface area contributed by atoms with Crippen LogP contribution < -0.4 is 4.90 Å². The first-order chi connectivity index (χ1) is 9.20. The Morgan fingerprint density at radius 1 is 1.32 bits per heavy atom. The summed E-state index contributed by atoms with van der Waals surface area (Å²) in [6.07, 6.45) is 2.87. The Kier molecular flexibility index (Phi) is 4.34. The van der Waals surface area contributed by atoms with Crippen molar-refractivity contribution in [2.24, 2.45) is 0 Å². The van der Waals surface area contributed by atoms with E-state index in [1.807, 2.05) is 44.2 Å². The second-order valence-corrected chi connectivity index (χ2v) is 4.49. The van der Waals surface area contributed by atoms with Gasteiger partial charge in [0.25, 0.3) is 0 Å². The number of rotatable bonds is 5. The maximum Gasteiger partial charge on any atom is 0.304 e. The van der Waals surface area contributed by atoms with Crippen LogP contribution >= 0.6 is 0 Å². The molecule has 0 saturated carbocycles. The average molecular weight is 258 g/mol. The Bertz CT molecular complexity index is 534. The molecule has 0 aliphatic rings. The van der Waals surface area contributed by atoms with Crippen LogP contribution in [0.2, 0.25) is 0 Å². The number of carbonyl (C=O) groups excluding carboxylic acids is 1. The van der Waals surface area contributed by atoms with Crippen LogP contribution in [0.3, 0.4) is 0 Å². The summed E-state index contributed by atoms with van der Waals surface area (Å²) in [5.74, 6) is 0.0354. The lowest BCUT2D eigenvalue weighted by atomic mass is 10.2. The topological polar surface area (TPSA) is 46.3 Å². The normalized spacial score (nSPS) is 10.4. The molecule has 0 saturated heterocycles. The van der Waals surface area contributed by atoms with Crippen LogP contribution in [0.5, 0.6) is 0 Å². The molecule has 2 rings (SSSR count). The van der Waals surface area contributed by atoms with Crippen LogP contribution in [0.4, 0.5) is 6.01 Å². The Morgan fingerprint density at radius 3 is 2.63 bits per heavy atom. The van der Waals surface area contributed by atoms with Crippen molar-refractivity contribution in [3.05, 3.63) is 47.9 Å². The van der Waals surface area contributed by atoms with Crippen molar-refractivity contribution in [2.75, 3.05) is 4.90 Å². The first-order valence-electron chi connectivity index (χ1n) is 6.47. The predicted molar refractivity (Wildman–Crippen MR) is 73.8 cm³/mol. The number of oxazole rings is 1. The number of hydrogen-bond donors (Lipinski definition) is 0. The maximum absolute atomic E-state index is 12.2. The molecule has 0 atom stereocenters. The lowest BCUT2D eigenvalue weighted by molar-refractivity contribution is -0.119. The Morgan fingerprint density at radius 2 is 2.05 bits per heavy atom. The average Bonchev–Trinajstić information content (AvgIpc) is 2.84. The molecule has 0 fully saturated rings. The first kappa shape index (κ1) is 13.3. The van der Waals surface area contributed by atoms with Crippen molar-refractivity contribution in [2.45, 2.75) is 33.2 Å². The van der Waals surface area contributed by atoms with Gasteiger partial charge in [-0.25, -0.2) is 0 Å². The highest BCUT2D eigenvalue weighted by molar-refractivity contribution is 5.91. The standard InChI is InChI=1S/C15H18N2O2/c1-3-7-14(18)17(15-16-12(2)11-19-15)10-13-8-5-4-6-9-13/h4-6,8-9,11H,3,7,10H2,1-2H3. The Labute approximate surface area is 113 Å². The van der Waals surface area contributed by atoms with Crippen molar-refractivity contribution in [3.8, 4) is 0 Å². The summed E-state index contributed by atoms with van der Waals surface area (Å²) < 4.78 is 5.36. The summed E-state index contributed by atoms with van der Waals surface area (Å²) in [5.41, 5.74) is 1.83. The molecule has 0 aliphatic carbocycles. The minimum Gasteiger partial charge on any atom is -0.431 e. The van der Waals surface area contributed by atoms with Crippen molar-refractivity contribution in [3.63, 3.8) is 0 Å². The van der Waals surface area contributed by atoms with Crippen molar-refractivity contribution >= 4 is 11.9 Å². The zero-order chi connectivity index (χ0) is 13.7. The van der Waals surface area contributed by atoms with Crippen LogP contribution in [0.15, 0.2) is 41.0 Å². The zero-order valence-corrected chi connectivity index (χ0v) is 11.3. The Balaban J connectivity index is 2.22. The number of aromatic nitrogens is 1. The van der Waals surface area contributed by atoms with E-state index in [0.717, 1.165) is 17.7 Å². The number of benzene rings is 1. The summed E-state index contributed by atoms with van der Waals surface area (Å²) in [5, 5.41) is 0. The summed E-state index contributed by atoms with van der Waals surface area (Å²) in [4.78, 5) is 18.0. The van der Waals surface area contributed by atoms with Gasteiger partial charge in [0.1, 0.15) is 6.26 Å². The van der Waals surface area contributed by atoms with Gasteiger partial charge in [-0.05, 0) is 18.9 Å². The van der Waals surface area contributed by atoms with Gasteiger partial charge < -0.3 is 4.42 Å². The fraction of sp³-hybridized carbons (Fsp3) is 0.333. The molecule has 2 aromatic rings. The van der Waals surface area contributed by atoms with Gasteiger partial charge in [-0.3, -0.25) is 9.69 Å². The molecule has 0 N–H and O–H groups in total. The molecule has 0 spiro atoms. The summed E-state index contributed by atoms with van der Waals surface area (Å²) in [7, 11) is 0. The molecule has 4 heteroatoms. The van der Waals surface area contributed by atoms with Crippen LogP contribution in [-0.2, 0) is 11.3 Å². The largest absolute Gasteiger partial charge is 0.431 e. The van der Waals surface area contributed by atoms with Crippen molar-refractivity contribution in [1.82, 2.24) is 4.98 Å². The lowest BCUT2D eigenvalue weighted by Crippen LogP contribution is -2.30. The van der Waals surface area contributed by atoms with Gasteiger partial charge in [0.2, 0.25) is 5.91 Å². The quantitative estimate of drug-likeness (QED) is 0.826. The van der Waals surface area contributed by atoms with E-state index in [-0.39, 0.29) is 5.91 Å². The second kappa shape index (κ2) is 6.18. The van der Waals surface area contributed by atoms with E-state index in [9.17, 15) is 4.79 Å². The molecule has 1 amide bonds. The number of amides is 1. The third-order valence-corrected chi connectivity index (χ3v) is 2.79. The molecule has 1 aromatic heterocycles. The van der Waals surface area contributed by atoms with E-state index in [1.54, 1.807) is 11.2 Å². The molecule has 0 radical (unpaired) electrons. The predicted octanol–water partition coefficient (Wildman–Crippen LogP) is 3.32. The van der Waals surface area contributed by atoms with Gasteiger partial charge in [0.15, 0.2) is 0 Å². The molecule has 0 bridgehead atoms. The monoisotopic (exact) mass is 258 g/mol. The van der Waals surface area contributed by atoms with Gasteiger partial charge >= 0.3 is 6.01 Å². The number of aryl methyl sites for hydroxylation is 1. The van der Waals surface area contributed by atoms with Crippen molar-refractivity contribution in [1.29, 1.82) is 0 Å². The highest BCUT2D eigenvalue weighted by Crippen LogP contribution is 2.18. The third kappa shape index (κ3) is 3.44. The number of nitrogens with zero attached hydrogens (tertiary/aromatic N) is 2. The molecule has 0 aliphatic heterocycles. The van der Waals surface area contributed by atoms with E-state index < -0.39 is 0 Å². The SMILES string of the molecule is CCCC(=O)N(Cc1ccccc1)c1nc(C)co1. The minimum absolute atomic E-state index is 0.0354. The van der Waals surface area contributed by atoms with E-state index in [4.69, 9.17) is 4.42 Å². The Hall–Kier alpha value is -2.10. The number of hydrogen-bond acceptors (Lipinski definition) is 3. The van der Waals surface area contributed by atoms with E-state index in [2.05, 4.69) is 4.98 Å². The molecule has 19 heavy (non-hydrogen) atoms. The minimum atomic E-state index is 0.0354. The van der Waals surface area contributed by atoms with Gasteiger partial charge in [0, 0.05) is 6.42 Å². The van der Waals surface area contributed by atoms with E-state index in [1.165, 1.54) is 0 Å². The summed E-state index contributed by atoms with van der Waals surface area (Å²) >= 11 is 0. The smallest absolute Gasteiger partial charge is 0.304 e. The van der Waals surface area contributed by atoms with E-state index >= 15 is 0 Å². The fourth-order valence-corrected chi connectivity index (χ4v) is 1.84. The molecule has 0 unspecified atom stereocenters. The molecule has 1 heterocycles. The zero-order valence-electron chi connectivity index (χ0n) is 11.3. The first-order valence-corrected chi connectivity index (χ1v) is 6.47. The van der Waals surface area contributed by atoms with Gasteiger partial charge in [0.05, 0.1) is 12.2 Å². The summed E-state index contributed by atoms with van der Waals surface area (Å²) in [6, 6.07) is 10.2. The van der Waals surface area contributed by atoms with Gasteiger partial charge in [-0.2, -0.15) is 4.98 Å². The molecular weight excluding hydrogens is 240 g/mol. The van der Waals surface area contributed by atoms with Crippen LogP contribution in [-0.4, -0.2) is 10.9 Å². The van der Waals surface area contributed by atoms with Crippen LogP contribution in [0.1, 0.15) is 31.0 Å². The molecular formula is C15H18N2O2. The molecule has 1 aromatic carbocycles. The fourth-order valence-electron chi connectivity index (χ4n) is 1.84. The highest BCUT2D eigenvalue weighted by atomic mass is 16.4. The van der Waals surface area contributed by atoms with Gasteiger partial charge in [-0.1, -0.05) is 37.3 Å². The summed E-state index contributed by atoms with van der Waals surface area (Å²) in [6.45, 7) is 4.32. The second-order valence-electron chi connectivity index (χ2n) is 4.49. The maximum atomic E-state index is 12.2. The molecule has 100 valence electrons.